The number of hydrogen-bond acceptors (Lipinski definition) is 2. The molecular weight excluding hydrogens is 128 g/mol. The zero-order valence-corrected chi connectivity index (χ0v) is 6.70. The topological polar surface area (TPSA) is 18.5 Å². The average molecular weight is 142 g/mol. The second kappa shape index (κ2) is 3.17. The highest BCUT2D eigenvalue weighted by Gasteiger charge is 2.12. The summed E-state index contributed by atoms with van der Waals surface area (Å²) in [5, 5.41) is 0. The van der Waals surface area contributed by atoms with Crippen molar-refractivity contribution in [1.29, 1.82) is 0 Å². The Labute approximate surface area is 61.8 Å². The maximum absolute atomic E-state index is 5.37. The Morgan fingerprint density at radius 3 is 1.70 bits per heavy atom. The normalized spacial score (nSPS) is 41.3. The van der Waals surface area contributed by atoms with E-state index in [-0.39, 0.29) is 18.5 Å². The van der Waals surface area contributed by atoms with Gasteiger partial charge in [-0.05, 0) is 20.8 Å². The van der Waals surface area contributed by atoms with Gasteiger partial charge in [0.15, 0.2) is 6.29 Å². The first-order valence-corrected chi connectivity index (χ1v) is 3.67. The molecule has 0 saturated heterocycles. The smallest absolute Gasteiger partial charge is 0.156 e. The molecule has 0 radical (unpaired) electrons. The van der Waals surface area contributed by atoms with Crippen LogP contribution in [0.2, 0.25) is 0 Å². The van der Waals surface area contributed by atoms with Crippen LogP contribution >= 0.6 is 0 Å². The molecule has 0 fully saturated rings. The van der Waals surface area contributed by atoms with Crippen molar-refractivity contribution in [2.45, 2.75) is 39.3 Å². The molecule has 0 aromatic heterocycles. The summed E-state index contributed by atoms with van der Waals surface area (Å²) in [6.45, 7) is 5.93. The van der Waals surface area contributed by atoms with Crippen LogP contribution in [0.5, 0.6) is 0 Å². The van der Waals surface area contributed by atoms with Crippen LogP contribution in [-0.2, 0) is 9.47 Å². The average Bonchev–Trinajstić information content (AvgIpc) is 1.93. The lowest BCUT2D eigenvalue weighted by atomic mass is 10.3. The lowest BCUT2D eigenvalue weighted by Crippen LogP contribution is -2.18. The molecule has 0 aromatic carbocycles. The molecule has 2 atom stereocenters. The van der Waals surface area contributed by atoms with Gasteiger partial charge < -0.3 is 9.47 Å². The van der Waals surface area contributed by atoms with E-state index in [0.717, 1.165) is 0 Å². The van der Waals surface area contributed by atoms with Gasteiger partial charge in [0.05, 0.1) is 12.2 Å². The maximum Gasteiger partial charge on any atom is 0.156 e. The molecule has 0 saturated carbocycles. The highest BCUT2D eigenvalue weighted by Crippen LogP contribution is 2.10. The van der Waals surface area contributed by atoms with Crippen molar-refractivity contribution < 1.29 is 9.47 Å². The standard InChI is InChI=1S/C8H14O2/c1-6-4-5-7(2)10-8(3)9-6/h4-8H,1-3H3. The molecule has 0 aliphatic carbocycles. The highest BCUT2D eigenvalue weighted by molar-refractivity contribution is 4.93. The number of hydrogen-bond donors (Lipinski definition) is 0. The van der Waals surface area contributed by atoms with Crippen molar-refractivity contribution in [3.63, 3.8) is 0 Å². The van der Waals surface area contributed by atoms with Crippen molar-refractivity contribution in [1.82, 2.24) is 0 Å². The molecule has 58 valence electrons. The molecule has 1 rings (SSSR count). The summed E-state index contributed by atoms with van der Waals surface area (Å²) >= 11 is 0. The summed E-state index contributed by atoms with van der Waals surface area (Å²) < 4.78 is 10.7. The van der Waals surface area contributed by atoms with Crippen molar-refractivity contribution in [3.8, 4) is 0 Å². The Bertz CT molecular complexity index is 117. The molecule has 0 N–H and O–H groups in total. The van der Waals surface area contributed by atoms with Gasteiger partial charge in [-0.3, -0.25) is 0 Å². The molecule has 2 unspecified atom stereocenters. The van der Waals surface area contributed by atoms with Crippen LogP contribution in [0.15, 0.2) is 12.2 Å². The fraction of sp³-hybridized carbons (Fsp3) is 0.750. The van der Waals surface area contributed by atoms with Crippen molar-refractivity contribution >= 4 is 0 Å². The zero-order valence-electron chi connectivity index (χ0n) is 6.70. The fourth-order valence-corrected chi connectivity index (χ4v) is 1.04. The third kappa shape index (κ3) is 2.12. The fourth-order valence-electron chi connectivity index (χ4n) is 1.04. The first-order valence-electron chi connectivity index (χ1n) is 3.67. The highest BCUT2D eigenvalue weighted by atomic mass is 16.7. The van der Waals surface area contributed by atoms with Crippen LogP contribution in [0.1, 0.15) is 20.8 Å². The van der Waals surface area contributed by atoms with Crippen LogP contribution in [0, 0.1) is 0 Å². The van der Waals surface area contributed by atoms with Crippen molar-refractivity contribution in [2.75, 3.05) is 0 Å². The maximum atomic E-state index is 5.37. The number of ether oxygens (including phenoxy) is 2. The Kier molecular flexibility index (Phi) is 2.46. The third-order valence-corrected chi connectivity index (χ3v) is 1.47. The van der Waals surface area contributed by atoms with Gasteiger partial charge in [0.1, 0.15) is 0 Å². The van der Waals surface area contributed by atoms with E-state index >= 15 is 0 Å². The predicted octanol–water partition coefficient (Wildman–Crippen LogP) is 1.71. The molecule has 1 heterocycles. The van der Waals surface area contributed by atoms with E-state index in [4.69, 9.17) is 9.47 Å². The molecular formula is C8H14O2. The van der Waals surface area contributed by atoms with Gasteiger partial charge >= 0.3 is 0 Å². The number of rotatable bonds is 0. The Hall–Kier alpha value is -0.340. The summed E-state index contributed by atoms with van der Waals surface area (Å²) in [5.74, 6) is 0. The van der Waals surface area contributed by atoms with E-state index in [1.54, 1.807) is 0 Å². The van der Waals surface area contributed by atoms with Gasteiger partial charge in [-0.15, -0.1) is 0 Å². The molecule has 0 aromatic rings. The van der Waals surface area contributed by atoms with Crippen LogP contribution in [0.4, 0.5) is 0 Å². The van der Waals surface area contributed by atoms with Crippen molar-refractivity contribution in [2.24, 2.45) is 0 Å². The largest absolute Gasteiger partial charge is 0.346 e. The SMILES string of the molecule is CC1C=CC(C)OC(C)O1. The minimum Gasteiger partial charge on any atom is -0.346 e. The van der Waals surface area contributed by atoms with Gasteiger partial charge in [0.25, 0.3) is 0 Å². The quantitative estimate of drug-likeness (QED) is 0.479. The Morgan fingerprint density at radius 1 is 0.900 bits per heavy atom. The molecule has 10 heavy (non-hydrogen) atoms. The summed E-state index contributed by atoms with van der Waals surface area (Å²) in [4.78, 5) is 0. The van der Waals surface area contributed by atoms with Gasteiger partial charge in [0.2, 0.25) is 0 Å². The molecule has 0 spiro atoms. The molecule has 0 bridgehead atoms. The van der Waals surface area contributed by atoms with E-state index in [1.165, 1.54) is 0 Å². The van der Waals surface area contributed by atoms with Crippen molar-refractivity contribution in [3.05, 3.63) is 12.2 Å². The van der Waals surface area contributed by atoms with E-state index in [2.05, 4.69) is 0 Å². The monoisotopic (exact) mass is 142 g/mol. The molecule has 2 nitrogen and oxygen atoms in total. The Balaban J connectivity index is 2.51. The second-order valence-electron chi connectivity index (χ2n) is 2.63. The summed E-state index contributed by atoms with van der Waals surface area (Å²) in [6.07, 6.45) is 4.32. The minimum atomic E-state index is -0.0833. The van der Waals surface area contributed by atoms with Crippen LogP contribution in [0.3, 0.4) is 0 Å². The van der Waals surface area contributed by atoms with Gasteiger partial charge in [0, 0.05) is 0 Å². The third-order valence-electron chi connectivity index (χ3n) is 1.47. The van der Waals surface area contributed by atoms with Gasteiger partial charge in [-0.1, -0.05) is 12.2 Å². The summed E-state index contributed by atoms with van der Waals surface area (Å²) in [6, 6.07) is 0. The minimum absolute atomic E-state index is 0.0833. The predicted molar refractivity (Wildman–Crippen MR) is 39.7 cm³/mol. The van der Waals surface area contributed by atoms with E-state index in [0.29, 0.717) is 0 Å². The second-order valence-corrected chi connectivity index (χ2v) is 2.63. The molecule has 2 heteroatoms. The van der Waals surface area contributed by atoms with E-state index in [1.807, 2.05) is 32.9 Å². The van der Waals surface area contributed by atoms with E-state index < -0.39 is 0 Å². The van der Waals surface area contributed by atoms with Crippen LogP contribution < -0.4 is 0 Å². The summed E-state index contributed by atoms with van der Waals surface area (Å²) in [5.41, 5.74) is 0. The Morgan fingerprint density at radius 2 is 1.30 bits per heavy atom. The van der Waals surface area contributed by atoms with E-state index in [9.17, 15) is 0 Å². The molecule has 1 aliphatic rings. The van der Waals surface area contributed by atoms with Crippen LogP contribution in [-0.4, -0.2) is 18.5 Å². The van der Waals surface area contributed by atoms with Gasteiger partial charge in [-0.25, -0.2) is 0 Å². The summed E-state index contributed by atoms with van der Waals surface area (Å²) in [7, 11) is 0. The lowest BCUT2D eigenvalue weighted by Gasteiger charge is -2.15. The zero-order chi connectivity index (χ0) is 7.56. The first kappa shape index (κ1) is 7.76. The van der Waals surface area contributed by atoms with Gasteiger partial charge in [-0.2, -0.15) is 0 Å². The molecule has 0 amide bonds. The first-order chi connectivity index (χ1) is 4.68. The van der Waals surface area contributed by atoms with Crippen LogP contribution in [0.25, 0.3) is 0 Å². The lowest BCUT2D eigenvalue weighted by molar-refractivity contribution is -0.151. The molecule has 1 aliphatic heterocycles.